The molecule has 2 aliphatic heterocycles. The number of Topliss-reactive ketones (excluding diaryl/α,β-unsaturated/α-hetero) is 2. The first-order valence-electron chi connectivity index (χ1n) is 18.9. The molecule has 15 heteroatoms. The second-order valence-electron chi connectivity index (χ2n) is 14.2. The molecule has 0 saturated carbocycles. The van der Waals surface area contributed by atoms with Gasteiger partial charge in [-0.2, -0.15) is 0 Å². The number of carboxylic acid groups (broad SMARTS) is 1. The Morgan fingerprint density at radius 3 is 2.17 bits per heavy atom. The number of ketones is 2. The summed E-state index contributed by atoms with van der Waals surface area (Å²) in [7, 11) is 0. The van der Waals surface area contributed by atoms with Gasteiger partial charge in [0.1, 0.15) is 29.7 Å². The van der Waals surface area contributed by atoms with E-state index in [1.807, 2.05) is 13.0 Å². The topological polar surface area (TPSA) is 264 Å². The van der Waals surface area contributed by atoms with Gasteiger partial charge in [0.25, 0.3) is 0 Å². The molecular formula is C39H61NO14. The summed E-state index contributed by atoms with van der Waals surface area (Å²) in [5.74, 6) is -5.91. The van der Waals surface area contributed by atoms with E-state index in [1.54, 1.807) is 43.4 Å². The molecule has 0 aromatic heterocycles. The summed E-state index contributed by atoms with van der Waals surface area (Å²) in [6, 6.07) is -1.12. The molecule has 8 unspecified atom stereocenters. The molecule has 2 aliphatic rings. The second kappa shape index (κ2) is 24.4. The van der Waals surface area contributed by atoms with E-state index in [0.29, 0.717) is 12.8 Å². The Morgan fingerprint density at radius 2 is 1.52 bits per heavy atom. The van der Waals surface area contributed by atoms with Crippen molar-refractivity contribution in [3.05, 3.63) is 48.6 Å². The predicted octanol–water partition coefficient (Wildman–Crippen LogP) is 1.55. The van der Waals surface area contributed by atoms with Crippen LogP contribution in [0.2, 0.25) is 0 Å². The largest absolute Gasteiger partial charge is 0.481 e. The first kappa shape index (κ1) is 47.0. The number of aliphatic hydroxyl groups is 6. The summed E-state index contributed by atoms with van der Waals surface area (Å²) in [5, 5.41) is 73.7. The van der Waals surface area contributed by atoms with Gasteiger partial charge in [-0.15, -0.1) is 0 Å². The van der Waals surface area contributed by atoms with Crippen LogP contribution in [0, 0.1) is 11.8 Å². The first-order valence-corrected chi connectivity index (χ1v) is 18.9. The maximum absolute atomic E-state index is 13.0. The van der Waals surface area contributed by atoms with Crippen molar-refractivity contribution in [3.63, 3.8) is 0 Å². The molecule has 13 atom stereocenters. The van der Waals surface area contributed by atoms with Crippen molar-refractivity contribution in [2.75, 3.05) is 0 Å². The molecular weight excluding hydrogens is 706 g/mol. The van der Waals surface area contributed by atoms with Crippen LogP contribution in [-0.2, 0) is 33.4 Å². The van der Waals surface area contributed by atoms with Crippen LogP contribution in [0.15, 0.2) is 48.6 Å². The van der Waals surface area contributed by atoms with Gasteiger partial charge in [0, 0.05) is 38.5 Å². The lowest BCUT2D eigenvalue weighted by atomic mass is 9.88. The highest BCUT2D eigenvalue weighted by molar-refractivity contribution is 5.81. The third kappa shape index (κ3) is 15.9. The van der Waals surface area contributed by atoms with E-state index in [9.17, 15) is 54.9 Å². The van der Waals surface area contributed by atoms with Gasteiger partial charge in [-0.1, -0.05) is 68.9 Å². The molecule has 0 spiro atoms. The summed E-state index contributed by atoms with van der Waals surface area (Å²) in [6.45, 7) is 5.21. The average Bonchev–Trinajstić information content (AvgIpc) is 3.08. The van der Waals surface area contributed by atoms with Gasteiger partial charge >= 0.3 is 11.9 Å². The maximum Gasteiger partial charge on any atom is 0.311 e. The lowest BCUT2D eigenvalue weighted by molar-refractivity contribution is -0.277. The van der Waals surface area contributed by atoms with Crippen LogP contribution in [0.3, 0.4) is 0 Å². The fourth-order valence-corrected chi connectivity index (χ4v) is 6.47. The molecule has 2 heterocycles. The molecule has 306 valence electrons. The number of nitrogens with two attached hydrogens (primary N) is 1. The third-order valence-electron chi connectivity index (χ3n) is 9.64. The van der Waals surface area contributed by atoms with Crippen molar-refractivity contribution in [2.45, 2.75) is 159 Å². The van der Waals surface area contributed by atoms with Crippen molar-refractivity contribution in [3.8, 4) is 0 Å². The number of cyclic esters (lactones) is 1. The Balaban J connectivity index is 2.34. The molecule has 9 N–H and O–H groups in total. The summed E-state index contributed by atoms with van der Waals surface area (Å²) in [5.41, 5.74) is 5.94. The lowest BCUT2D eigenvalue weighted by Gasteiger charge is -2.41. The Kier molecular flexibility index (Phi) is 21.3. The summed E-state index contributed by atoms with van der Waals surface area (Å²) in [6.07, 6.45) is 1.33. The van der Waals surface area contributed by atoms with Crippen LogP contribution in [0.5, 0.6) is 0 Å². The fraction of sp³-hybridized carbons (Fsp3) is 0.692. The maximum atomic E-state index is 13.0. The second-order valence-corrected chi connectivity index (χ2v) is 14.2. The van der Waals surface area contributed by atoms with Crippen molar-refractivity contribution >= 4 is 23.5 Å². The van der Waals surface area contributed by atoms with Gasteiger partial charge < -0.3 is 55.7 Å². The molecule has 15 nitrogen and oxygen atoms in total. The molecule has 0 amide bonds. The van der Waals surface area contributed by atoms with Gasteiger partial charge in [0.2, 0.25) is 0 Å². The third-order valence-corrected chi connectivity index (χ3v) is 9.64. The Hall–Kier alpha value is -3.12. The van der Waals surface area contributed by atoms with Gasteiger partial charge in [-0.3, -0.25) is 19.2 Å². The number of hydrogen-bond donors (Lipinski definition) is 8. The first-order chi connectivity index (χ1) is 25.6. The van der Waals surface area contributed by atoms with E-state index in [0.717, 1.165) is 6.42 Å². The van der Waals surface area contributed by atoms with E-state index < -0.39 is 116 Å². The number of rotatable bonds is 6. The van der Waals surface area contributed by atoms with Crippen LogP contribution in [0.4, 0.5) is 0 Å². The lowest BCUT2D eigenvalue weighted by Crippen LogP contribution is -2.61. The highest BCUT2D eigenvalue weighted by Gasteiger charge is 2.43. The number of aliphatic carboxylic acids is 1. The molecule has 0 radical (unpaired) electrons. The zero-order valence-corrected chi connectivity index (χ0v) is 31.5. The molecule has 0 aliphatic carbocycles. The number of allylic oxidation sites excluding steroid dienone is 6. The normalized spacial score (nSPS) is 39.0. The molecule has 1 saturated heterocycles. The highest BCUT2D eigenvalue weighted by Crippen LogP contribution is 2.26. The van der Waals surface area contributed by atoms with Crippen molar-refractivity contribution in [1.82, 2.24) is 0 Å². The van der Waals surface area contributed by atoms with Gasteiger partial charge in [-0.25, -0.2) is 0 Å². The number of carboxylic acids is 1. The molecule has 1 fully saturated rings. The minimum Gasteiger partial charge on any atom is -0.481 e. The van der Waals surface area contributed by atoms with Crippen molar-refractivity contribution in [1.29, 1.82) is 0 Å². The number of esters is 1. The van der Waals surface area contributed by atoms with E-state index in [2.05, 4.69) is 0 Å². The zero-order valence-electron chi connectivity index (χ0n) is 31.5. The van der Waals surface area contributed by atoms with Crippen LogP contribution in [0.25, 0.3) is 0 Å². The van der Waals surface area contributed by atoms with Crippen LogP contribution in [0.1, 0.15) is 91.4 Å². The Labute approximate surface area is 317 Å². The number of carbonyl (C=O) groups is 4. The van der Waals surface area contributed by atoms with Gasteiger partial charge in [-0.05, 0) is 32.6 Å². The predicted molar refractivity (Wildman–Crippen MR) is 196 cm³/mol. The van der Waals surface area contributed by atoms with Crippen molar-refractivity contribution in [2.24, 2.45) is 17.6 Å². The number of carbonyl (C=O) groups excluding carboxylic acids is 3. The fourth-order valence-electron chi connectivity index (χ4n) is 6.47. The summed E-state index contributed by atoms with van der Waals surface area (Å²) < 4.78 is 17.2. The highest BCUT2D eigenvalue weighted by atomic mass is 16.7. The molecule has 54 heavy (non-hydrogen) atoms. The van der Waals surface area contributed by atoms with Gasteiger partial charge in [0.15, 0.2) is 6.29 Å². The van der Waals surface area contributed by atoms with E-state index in [1.165, 1.54) is 13.0 Å². The van der Waals surface area contributed by atoms with Crippen LogP contribution < -0.4 is 5.73 Å². The minimum absolute atomic E-state index is 0.0261. The molecule has 0 aromatic carbocycles. The SMILES string of the molecule is CCCC1C/C=C/C=C/C=C/C=C/C(O[C@@H]2O[C@H](C)[C@@H](O)[C@H](N)[C@@H]2O)CC(O)C(C(=O)O)C(O)CC(=O)CC(O)CCCC(=O)CC(O)C(CC)C(=O)O1. The van der Waals surface area contributed by atoms with Gasteiger partial charge in [0.05, 0.1) is 54.7 Å². The number of ether oxygens (including phenoxy) is 3. The zero-order chi connectivity index (χ0) is 40.4. The molecule has 2 rings (SSSR count). The smallest absolute Gasteiger partial charge is 0.311 e. The Bertz CT molecular complexity index is 1300. The quantitative estimate of drug-likeness (QED) is 0.178. The van der Waals surface area contributed by atoms with Crippen LogP contribution in [-0.4, -0.2) is 127 Å². The standard InChI is InChI=1S/C39H61NO14/c1-4-14-27-17-11-9-7-6-8-10-12-18-28(54-39-36(48)34(40)35(47)23(3)52-39)22-32(46)33(37(49)50)31(45)21-26(43)19-24(41)15-13-16-25(42)20-30(44)29(5-2)38(51)53-27/h6-12,18,23-24,27-36,39,41,44-48H,4-5,13-17,19-22,40H2,1-3H3,(H,49,50)/b7-6+,10-8+,11-9+,18-12+/t23-,24?,27?,28?,29?,30?,31?,32?,33?,34+,35-,36+,39+/m1/s1. The average molecular weight is 768 g/mol. The van der Waals surface area contributed by atoms with Crippen molar-refractivity contribution < 1.29 is 69.1 Å². The summed E-state index contributed by atoms with van der Waals surface area (Å²) >= 11 is 0. The van der Waals surface area contributed by atoms with E-state index in [-0.39, 0.29) is 37.9 Å². The molecule has 0 bridgehead atoms. The van der Waals surface area contributed by atoms with E-state index >= 15 is 0 Å². The molecule has 0 aromatic rings. The van der Waals surface area contributed by atoms with E-state index in [4.69, 9.17) is 19.9 Å². The summed E-state index contributed by atoms with van der Waals surface area (Å²) in [4.78, 5) is 50.6. The monoisotopic (exact) mass is 767 g/mol. The Morgan fingerprint density at radius 1 is 0.870 bits per heavy atom. The van der Waals surface area contributed by atoms with Crippen LogP contribution >= 0.6 is 0 Å². The number of aliphatic hydroxyl groups excluding tert-OH is 6. The minimum atomic E-state index is -1.84. The number of hydrogen-bond acceptors (Lipinski definition) is 14.